The molecule has 8 nitrogen and oxygen atoms in total. The molecule has 1 saturated heterocycles. The monoisotopic (exact) mass is 458 g/mol. The molecule has 1 aliphatic heterocycles. The number of para-hydroxylation sites is 1. The highest BCUT2D eigenvalue weighted by Crippen LogP contribution is 2.28. The molecule has 2 aromatic carbocycles. The van der Waals surface area contributed by atoms with Gasteiger partial charge in [0, 0.05) is 53.7 Å². The molecule has 0 radical (unpaired) electrons. The summed E-state index contributed by atoms with van der Waals surface area (Å²) in [5, 5.41) is 22.1. The number of nitrogens with one attached hydrogen (secondary N) is 3. The van der Waals surface area contributed by atoms with Crippen molar-refractivity contribution in [2.24, 2.45) is 0 Å². The van der Waals surface area contributed by atoms with Gasteiger partial charge in [0.2, 0.25) is 0 Å². The molecule has 5 aromatic rings. The number of piperazine rings is 1. The molecular weight excluding hydrogens is 436 g/mol. The second kappa shape index (κ2) is 8.13. The molecule has 0 aliphatic carbocycles. The number of hydrogen-bond donors (Lipinski definition) is 3. The van der Waals surface area contributed by atoms with E-state index in [0.29, 0.717) is 16.8 Å². The van der Waals surface area contributed by atoms with Crippen molar-refractivity contribution in [3.63, 3.8) is 0 Å². The van der Waals surface area contributed by atoms with Gasteiger partial charge in [-0.2, -0.15) is 5.10 Å². The van der Waals surface area contributed by atoms with Crippen LogP contribution < -0.4 is 10.2 Å². The molecule has 9 heteroatoms. The highest BCUT2D eigenvalue weighted by molar-refractivity contribution is 6.31. The molecule has 0 spiro atoms. The smallest absolute Gasteiger partial charge is 0.194 e. The standard InChI is InChI=1S/C24H23ClN8/c1-14-19-11-15(6-7-21(19)30-29-14)23-28-24(22(25)31-32-23)33-9-8-26-17(13-33)10-16-12-27-20-5-3-2-4-18(16)20/h2-7,11-12,17,26-27H,8-10,13H2,1H3,(H,29,30)/t17-/m0/s1. The molecule has 3 aromatic heterocycles. The summed E-state index contributed by atoms with van der Waals surface area (Å²) in [6, 6.07) is 14.7. The maximum absolute atomic E-state index is 6.47. The first-order chi connectivity index (χ1) is 16.2. The molecule has 6 rings (SSSR count). The molecule has 3 N–H and O–H groups in total. The molecular formula is C24H23ClN8. The van der Waals surface area contributed by atoms with Crippen LogP contribution in [0.1, 0.15) is 11.3 Å². The van der Waals surface area contributed by atoms with Crippen molar-refractivity contribution in [2.45, 2.75) is 19.4 Å². The van der Waals surface area contributed by atoms with Crippen LogP contribution in [0.15, 0.2) is 48.7 Å². The lowest BCUT2D eigenvalue weighted by Gasteiger charge is -2.34. The van der Waals surface area contributed by atoms with Gasteiger partial charge < -0.3 is 15.2 Å². The van der Waals surface area contributed by atoms with Crippen LogP contribution in [0.3, 0.4) is 0 Å². The van der Waals surface area contributed by atoms with Crippen LogP contribution in [0.4, 0.5) is 5.82 Å². The Morgan fingerprint density at radius 2 is 2.00 bits per heavy atom. The molecule has 1 atom stereocenters. The number of benzene rings is 2. The van der Waals surface area contributed by atoms with E-state index in [2.05, 4.69) is 66.1 Å². The Morgan fingerprint density at radius 1 is 1.09 bits per heavy atom. The molecule has 1 fully saturated rings. The minimum absolute atomic E-state index is 0.275. The quantitative estimate of drug-likeness (QED) is 0.378. The van der Waals surface area contributed by atoms with Crippen LogP contribution >= 0.6 is 11.6 Å². The van der Waals surface area contributed by atoms with Crippen molar-refractivity contribution in [3.8, 4) is 11.4 Å². The lowest BCUT2D eigenvalue weighted by Crippen LogP contribution is -2.52. The van der Waals surface area contributed by atoms with E-state index in [1.54, 1.807) is 0 Å². The van der Waals surface area contributed by atoms with E-state index in [-0.39, 0.29) is 6.04 Å². The highest BCUT2D eigenvalue weighted by atomic mass is 35.5. The number of halogens is 1. The summed E-state index contributed by atoms with van der Waals surface area (Å²) in [6.45, 7) is 4.42. The van der Waals surface area contributed by atoms with Crippen LogP contribution in [-0.2, 0) is 6.42 Å². The first-order valence-electron chi connectivity index (χ1n) is 11.0. The lowest BCUT2D eigenvalue weighted by atomic mass is 10.0. The van der Waals surface area contributed by atoms with Gasteiger partial charge in [0.1, 0.15) is 0 Å². The number of fused-ring (bicyclic) bond motifs is 2. The van der Waals surface area contributed by atoms with Crippen LogP contribution in [0, 0.1) is 6.92 Å². The predicted molar refractivity (Wildman–Crippen MR) is 131 cm³/mol. The van der Waals surface area contributed by atoms with E-state index in [4.69, 9.17) is 16.6 Å². The zero-order chi connectivity index (χ0) is 22.4. The van der Waals surface area contributed by atoms with Gasteiger partial charge in [-0.15, -0.1) is 10.2 Å². The molecule has 0 unspecified atom stereocenters. The Labute approximate surface area is 195 Å². The Morgan fingerprint density at radius 3 is 2.94 bits per heavy atom. The SMILES string of the molecule is Cc1n[nH]c2ccc(-c3nnc(Cl)c(N4CCN[C@@H](Cc5c[nH]c6ccccc56)C4)n3)cc12. The summed E-state index contributed by atoms with van der Waals surface area (Å²) in [6.07, 6.45) is 3.02. The molecule has 4 heterocycles. The second-order valence-electron chi connectivity index (χ2n) is 8.48. The number of rotatable bonds is 4. The first-order valence-corrected chi connectivity index (χ1v) is 11.4. The number of H-pyrrole nitrogens is 2. The summed E-state index contributed by atoms with van der Waals surface area (Å²) < 4.78 is 0. The maximum atomic E-state index is 6.47. The fourth-order valence-corrected chi connectivity index (χ4v) is 4.83. The second-order valence-corrected chi connectivity index (χ2v) is 8.84. The van der Waals surface area contributed by atoms with E-state index in [0.717, 1.165) is 53.7 Å². The number of aryl methyl sites for hydroxylation is 1. The van der Waals surface area contributed by atoms with Gasteiger partial charge in [-0.05, 0) is 43.2 Å². The third-order valence-electron chi connectivity index (χ3n) is 6.34. The molecule has 0 saturated carbocycles. The third kappa shape index (κ3) is 3.71. The van der Waals surface area contributed by atoms with Crippen molar-refractivity contribution in [2.75, 3.05) is 24.5 Å². The van der Waals surface area contributed by atoms with Gasteiger partial charge in [-0.1, -0.05) is 29.8 Å². The van der Waals surface area contributed by atoms with Crippen LogP contribution in [0.2, 0.25) is 5.15 Å². The van der Waals surface area contributed by atoms with Crippen molar-refractivity contribution < 1.29 is 0 Å². The van der Waals surface area contributed by atoms with Gasteiger partial charge in [0.25, 0.3) is 0 Å². The zero-order valence-electron chi connectivity index (χ0n) is 18.1. The first kappa shape index (κ1) is 20.1. The van der Waals surface area contributed by atoms with Gasteiger partial charge in [0.05, 0.1) is 11.2 Å². The molecule has 0 bridgehead atoms. The topological polar surface area (TPSA) is 98.4 Å². The normalized spacial score (nSPS) is 16.7. The van der Waals surface area contributed by atoms with Gasteiger partial charge in [-0.25, -0.2) is 4.98 Å². The van der Waals surface area contributed by atoms with Crippen LogP contribution in [0.25, 0.3) is 33.2 Å². The third-order valence-corrected chi connectivity index (χ3v) is 6.58. The summed E-state index contributed by atoms with van der Waals surface area (Å²) in [5.41, 5.74) is 5.29. The number of aromatic amines is 2. The number of nitrogens with zero attached hydrogens (tertiary/aromatic N) is 5. The van der Waals surface area contributed by atoms with E-state index < -0.39 is 0 Å². The maximum Gasteiger partial charge on any atom is 0.194 e. The zero-order valence-corrected chi connectivity index (χ0v) is 18.9. The number of hydrogen-bond acceptors (Lipinski definition) is 6. The van der Waals surface area contributed by atoms with Crippen LogP contribution in [0.5, 0.6) is 0 Å². The van der Waals surface area contributed by atoms with Gasteiger partial charge in [0.15, 0.2) is 16.8 Å². The average molecular weight is 459 g/mol. The fraction of sp³-hybridized carbons (Fsp3) is 0.250. The fourth-order valence-electron chi connectivity index (χ4n) is 4.63. The summed E-state index contributed by atoms with van der Waals surface area (Å²) in [4.78, 5) is 10.4. The molecule has 1 aliphatic rings. The summed E-state index contributed by atoms with van der Waals surface area (Å²) in [7, 11) is 0. The van der Waals surface area contributed by atoms with Crippen LogP contribution in [-0.4, -0.2) is 56.0 Å². The minimum atomic E-state index is 0.275. The molecule has 0 amide bonds. The Balaban J connectivity index is 1.27. The van der Waals surface area contributed by atoms with Crippen molar-refractivity contribution >= 4 is 39.2 Å². The highest BCUT2D eigenvalue weighted by Gasteiger charge is 2.24. The van der Waals surface area contributed by atoms with Crippen molar-refractivity contribution in [3.05, 3.63) is 65.1 Å². The lowest BCUT2D eigenvalue weighted by molar-refractivity contribution is 0.453. The van der Waals surface area contributed by atoms with E-state index in [9.17, 15) is 0 Å². The number of anilines is 1. The molecule has 166 valence electrons. The van der Waals surface area contributed by atoms with E-state index in [1.807, 2.05) is 25.1 Å². The molecule has 33 heavy (non-hydrogen) atoms. The minimum Gasteiger partial charge on any atom is -0.361 e. The average Bonchev–Trinajstić information content (AvgIpc) is 3.43. The Kier molecular flexibility index (Phi) is 4.96. The Bertz CT molecular complexity index is 1460. The summed E-state index contributed by atoms with van der Waals surface area (Å²) >= 11 is 6.47. The summed E-state index contributed by atoms with van der Waals surface area (Å²) in [5.74, 6) is 1.24. The van der Waals surface area contributed by atoms with Gasteiger partial charge in [-0.3, -0.25) is 5.10 Å². The largest absolute Gasteiger partial charge is 0.361 e. The van der Waals surface area contributed by atoms with Crippen molar-refractivity contribution in [1.29, 1.82) is 0 Å². The number of aromatic nitrogens is 6. The van der Waals surface area contributed by atoms with E-state index in [1.165, 1.54) is 10.9 Å². The Hall–Kier alpha value is -3.49. The van der Waals surface area contributed by atoms with Crippen molar-refractivity contribution in [1.82, 2.24) is 35.7 Å². The van der Waals surface area contributed by atoms with Gasteiger partial charge >= 0.3 is 0 Å². The van der Waals surface area contributed by atoms with E-state index >= 15 is 0 Å². The predicted octanol–water partition coefficient (Wildman–Crippen LogP) is 3.88.